The quantitative estimate of drug-likeness (QED) is 0.745. The van der Waals surface area contributed by atoms with E-state index in [0.29, 0.717) is 0 Å². The van der Waals surface area contributed by atoms with Crippen LogP contribution in [0.5, 0.6) is 0 Å². The molecule has 1 aromatic heterocycles. The molecule has 4 nitrogen and oxygen atoms in total. The van der Waals surface area contributed by atoms with Crippen molar-refractivity contribution in [3.05, 3.63) is 71.4 Å². The molecule has 1 aliphatic rings. The van der Waals surface area contributed by atoms with Crippen LogP contribution < -0.4 is 5.32 Å². The summed E-state index contributed by atoms with van der Waals surface area (Å²) >= 11 is 0. The van der Waals surface area contributed by atoms with Crippen LogP contribution in [0.3, 0.4) is 0 Å². The first kappa shape index (κ1) is 13.8. The van der Waals surface area contributed by atoms with Crippen LogP contribution in [0.4, 0.5) is 5.69 Å². The van der Waals surface area contributed by atoms with Crippen molar-refractivity contribution in [3.63, 3.8) is 0 Å². The smallest absolute Gasteiger partial charge is 0.257 e. The molecule has 0 unspecified atom stereocenters. The number of nitrogens with one attached hydrogen (secondary N) is 1. The Morgan fingerprint density at radius 2 is 1.96 bits per heavy atom. The molecule has 1 N–H and O–H groups in total. The highest BCUT2D eigenvalue weighted by atomic mass is 16.2. The standard InChI is InChI=1S/C19H17N3O/c1-12-8-9-16-15(11-12)19(23)22(2)18(21-16)14-7-3-5-13-6-4-10-20-17(13)14/h3-11,18,21H,1-2H3/t18-/m0/s1. The van der Waals surface area contributed by atoms with Crippen molar-refractivity contribution in [1.82, 2.24) is 9.88 Å². The van der Waals surface area contributed by atoms with Gasteiger partial charge in [0.1, 0.15) is 6.17 Å². The van der Waals surface area contributed by atoms with Crippen molar-refractivity contribution < 1.29 is 4.79 Å². The van der Waals surface area contributed by atoms with Crippen molar-refractivity contribution in [2.45, 2.75) is 13.1 Å². The zero-order chi connectivity index (χ0) is 16.0. The summed E-state index contributed by atoms with van der Waals surface area (Å²) < 4.78 is 0. The monoisotopic (exact) mass is 303 g/mol. The highest BCUT2D eigenvalue weighted by Crippen LogP contribution is 2.34. The highest BCUT2D eigenvalue weighted by molar-refractivity contribution is 6.02. The Kier molecular flexibility index (Phi) is 3.05. The Hall–Kier alpha value is -2.88. The second-order valence-electron chi connectivity index (χ2n) is 5.93. The molecule has 0 fully saturated rings. The Morgan fingerprint density at radius 1 is 1.13 bits per heavy atom. The third-order valence-electron chi connectivity index (χ3n) is 4.36. The van der Waals surface area contributed by atoms with Gasteiger partial charge in [-0.05, 0) is 25.1 Å². The van der Waals surface area contributed by atoms with Gasteiger partial charge in [-0.15, -0.1) is 0 Å². The summed E-state index contributed by atoms with van der Waals surface area (Å²) in [5, 5.41) is 4.55. The van der Waals surface area contributed by atoms with Gasteiger partial charge in [0.25, 0.3) is 5.91 Å². The number of amides is 1. The van der Waals surface area contributed by atoms with Crippen LogP contribution in [-0.2, 0) is 0 Å². The molecule has 0 spiro atoms. The molecule has 4 heteroatoms. The first-order valence-electron chi connectivity index (χ1n) is 7.63. The highest BCUT2D eigenvalue weighted by Gasteiger charge is 2.31. The van der Waals surface area contributed by atoms with Crippen LogP contribution in [-0.4, -0.2) is 22.8 Å². The summed E-state index contributed by atoms with van der Waals surface area (Å²) in [6, 6.07) is 15.9. The van der Waals surface area contributed by atoms with Crippen molar-refractivity contribution >= 4 is 22.5 Å². The number of aryl methyl sites for hydroxylation is 1. The van der Waals surface area contributed by atoms with E-state index in [1.807, 2.05) is 62.5 Å². The van der Waals surface area contributed by atoms with Gasteiger partial charge >= 0.3 is 0 Å². The fraction of sp³-hybridized carbons (Fsp3) is 0.158. The zero-order valence-electron chi connectivity index (χ0n) is 13.1. The molecule has 23 heavy (non-hydrogen) atoms. The molecular formula is C19H17N3O. The molecule has 0 saturated carbocycles. The Bertz CT molecular complexity index is 914. The summed E-state index contributed by atoms with van der Waals surface area (Å²) in [4.78, 5) is 19.0. The minimum atomic E-state index is -0.226. The number of carbonyl (C=O) groups is 1. The number of pyridine rings is 1. The minimum absolute atomic E-state index is 0.0281. The van der Waals surface area contributed by atoms with Crippen molar-refractivity contribution in [1.29, 1.82) is 0 Å². The van der Waals surface area contributed by atoms with Crippen LogP contribution >= 0.6 is 0 Å². The molecule has 0 saturated heterocycles. The predicted octanol–water partition coefficient (Wildman–Crippen LogP) is 3.74. The molecule has 1 atom stereocenters. The first-order chi connectivity index (χ1) is 11.1. The lowest BCUT2D eigenvalue weighted by atomic mass is 10.0. The van der Waals surface area contributed by atoms with Gasteiger partial charge in [0.05, 0.1) is 11.1 Å². The fourth-order valence-electron chi connectivity index (χ4n) is 3.15. The third-order valence-corrected chi connectivity index (χ3v) is 4.36. The van der Waals surface area contributed by atoms with Gasteiger partial charge < -0.3 is 10.2 Å². The fourth-order valence-corrected chi connectivity index (χ4v) is 3.15. The molecule has 4 rings (SSSR count). The normalized spacial score (nSPS) is 17.0. The molecule has 2 aromatic carbocycles. The molecule has 0 radical (unpaired) electrons. The number of para-hydroxylation sites is 1. The second-order valence-corrected chi connectivity index (χ2v) is 5.93. The number of anilines is 1. The molecule has 1 amide bonds. The van der Waals surface area contributed by atoms with Gasteiger partial charge in [-0.2, -0.15) is 0 Å². The molecule has 2 heterocycles. The molecule has 114 valence electrons. The van der Waals surface area contributed by atoms with E-state index in [1.54, 1.807) is 11.1 Å². The number of fused-ring (bicyclic) bond motifs is 2. The van der Waals surface area contributed by atoms with Crippen molar-refractivity contribution in [3.8, 4) is 0 Å². The van der Waals surface area contributed by atoms with Crippen LogP contribution in [0.2, 0.25) is 0 Å². The maximum atomic E-state index is 12.8. The topological polar surface area (TPSA) is 45.2 Å². The van der Waals surface area contributed by atoms with Gasteiger partial charge in [-0.25, -0.2) is 0 Å². The summed E-state index contributed by atoms with van der Waals surface area (Å²) in [5.74, 6) is 0.0281. The summed E-state index contributed by atoms with van der Waals surface area (Å²) in [6.07, 6.45) is 1.56. The molecule has 1 aliphatic heterocycles. The lowest BCUT2D eigenvalue weighted by Crippen LogP contribution is -2.40. The summed E-state index contributed by atoms with van der Waals surface area (Å²) in [5.41, 5.74) is 4.60. The number of hydrogen-bond donors (Lipinski definition) is 1. The van der Waals surface area contributed by atoms with E-state index < -0.39 is 0 Å². The Morgan fingerprint density at radius 3 is 2.83 bits per heavy atom. The van der Waals surface area contributed by atoms with E-state index in [1.165, 1.54) is 0 Å². The number of carbonyl (C=O) groups excluding carboxylic acids is 1. The Labute approximate surface area is 134 Å². The summed E-state index contributed by atoms with van der Waals surface area (Å²) in [6.45, 7) is 1.99. The van der Waals surface area contributed by atoms with Crippen molar-refractivity contribution in [2.24, 2.45) is 0 Å². The SMILES string of the molecule is Cc1ccc2c(c1)C(=O)N(C)[C@@H](c1cccc3cccnc13)N2. The molecule has 0 aliphatic carbocycles. The van der Waals surface area contributed by atoms with Crippen LogP contribution in [0, 0.1) is 6.92 Å². The minimum Gasteiger partial charge on any atom is -0.361 e. The van der Waals surface area contributed by atoms with E-state index in [4.69, 9.17) is 0 Å². The molecular weight excluding hydrogens is 286 g/mol. The maximum Gasteiger partial charge on any atom is 0.257 e. The average molecular weight is 303 g/mol. The van der Waals surface area contributed by atoms with Crippen LogP contribution in [0.15, 0.2) is 54.7 Å². The second kappa shape index (κ2) is 5.09. The lowest BCUT2D eigenvalue weighted by Gasteiger charge is -2.36. The number of aromatic nitrogens is 1. The largest absolute Gasteiger partial charge is 0.361 e. The van der Waals surface area contributed by atoms with Gasteiger partial charge in [0, 0.05) is 29.9 Å². The first-order valence-corrected chi connectivity index (χ1v) is 7.63. The van der Waals surface area contributed by atoms with E-state index in [0.717, 1.165) is 33.3 Å². The van der Waals surface area contributed by atoms with Crippen molar-refractivity contribution in [2.75, 3.05) is 12.4 Å². The number of rotatable bonds is 1. The van der Waals surface area contributed by atoms with E-state index in [2.05, 4.69) is 10.3 Å². The predicted molar refractivity (Wildman–Crippen MR) is 91.4 cm³/mol. The number of benzene rings is 2. The van der Waals surface area contributed by atoms with E-state index in [9.17, 15) is 4.79 Å². The Balaban J connectivity index is 1.86. The van der Waals surface area contributed by atoms with Gasteiger partial charge in [-0.1, -0.05) is 35.9 Å². The third kappa shape index (κ3) is 2.14. The van der Waals surface area contributed by atoms with E-state index in [-0.39, 0.29) is 12.1 Å². The number of nitrogens with zero attached hydrogens (tertiary/aromatic N) is 2. The van der Waals surface area contributed by atoms with Gasteiger partial charge in [0.2, 0.25) is 0 Å². The number of hydrogen-bond acceptors (Lipinski definition) is 3. The van der Waals surface area contributed by atoms with Gasteiger partial charge in [0.15, 0.2) is 0 Å². The lowest BCUT2D eigenvalue weighted by molar-refractivity contribution is 0.0736. The van der Waals surface area contributed by atoms with E-state index >= 15 is 0 Å². The van der Waals surface area contributed by atoms with Crippen LogP contribution in [0.25, 0.3) is 10.9 Å². The molecule has 0 bridgehead atoms. The summed E-state index contributed by atoms with van der Waals surface area (Å²) in [7, 11) is 1.83. The molecule has 3 aromatic rings. The zero-order valence-corrected chi connectivity index (χ0v) is 13.1. The maximum absolute atomic E-state index is 12.8. The van der Waals surface area contributed by atoms with Gasteiger partial charge in [-0.3, -0.25) is 9.78 Å². The average Bonchev–Trinajstić information content (AvgIpc) is 2.58. The van der Waals surface area contributed by atoms with Crippen LogP contribution in [0.1, 0.15) is 27.7 Å².